The lowest BCUT2D eigenvalue weighted by molar-refractivity contribution is 0.414. The molecule has 2 N–H and O–H groups in total. The van der Waals surface area contributed by atoms with Crippen LogP contribution >= 0.6 is 11.6 Å². The zero-order chi connectivity index (χ0) is 17.6. The lowest BCUT2D eigenvalue weighted by Gasteiger charge is -2.09. The molecule has 1 heterocycles. The number of hydrogen-bond donors (Lipinski definition) is 2. The molecule has 3 aromatic rings. The number of ether oxygens (including phenoxy) is 1. The number of aromatic nitrogens is 2. The van der Waals surface area contributed by atoms with Gasteiger partial charge < -0.3 is 15.4 Å². The minimum absolute atomic E-state index is 0.514. The molecule has 0 fully saturated rings. The molecule has 0 radical (unpaired) electrons. The monoisotopic (exact) mass is 354 g/mol. The van der Waals surface area contributed by atoms with E-state index in [1.54, 1.807) is 13.3 Å². The summed E-state index contributed by atoms with van der Waals surface area (Å²) in [5.74, 6) is 2.10. The summed E-state index contributed by atoms with van der Waals surface area (Å²) in [5.41, 5.74) is 3.02. The van der Waals surface area contributed by atoms with Crippen LogP contribution in [0.5, 0.6) is 5.75 Å². The summed E-state index contributed by atoms with van der Waals surface area (Å²) in [7, 11) is 1.66. The van der Waals surface area contributed by atoms with Gasteiger partial charge in [-0.3, -0.25) is 0 Å². The van der Waals surface area contributed by atoms with Crippen LogP contribution in [0, 0.1) is 6.92 Å². The first-order chi connectivity index (χ1) is 12.1. The minimum atomic E-state index is 0.514. The summed E-state index contributed by atoms with van der Waals surface area (Å²) in [6.45, 7) is 2.63. The van der Waals surface area contributed by atoms with E-state index in [2.05, 4.69) is 20.6 Å². The third kappa shape index (κ3) is 4.61. The van der Waals surface area contributed by atoms with E-state index in [9.17, 15) is 0 Å². The number of rotatable bonds is 6. The molecule has 0 aliphatic carbocycles. The summed E-state index contributed by atoms with van der Waals surface area (Å²) in [6.07, 6.45) is 1.71. The Morgan fingerprint density at radius 2 is 1.88 bits per heavy atom. The Labute approximate surface area is 152 Å². The van der Waals surface area contributed by atoms with Gasteiger partial charge in [0.05, 0.1) is 7.11 Å². The molecule has 0 atom stereocenters. The van der Waals surface area contributed by atoms with E-state index in [0.29, 0.717) is 17.5 Å². The number of aryl methyl sites for hydroxylation is 1. The smallest absolute Gasteiger partial charge is 0.229 e. The van der Waals surface area contributed by atoms with Gasteiger partial charge in [-0.25, -0.2) is 4.98 Å². The Morgan fingerprint density at radius 3 is 2.60 bits per heavy atom. The van der Waals surface area contributed by atoms with Gasteiger partial charge in [-0.1, -0.05) is 29.8 Å². The van der Waals surface area contributed by atoms with Gasteiger partial charge in [0, 0.05) is 23.5 Å². The Hall–Kier alpha value is -2.79. The number of hydrogen-bond acceptors (Lipinski definition) is 5. The van der Waals surface area contributed by atoms with E-state index in [1.165, 1.54) is 0 Å². The second kappa shape index (κ2) is 7.85. The van der Waals surface area contributed by atoms with Crippen LogP contribution in [0.15, 0.2) is 54.7 Å². The number of methoxy groups -OCH3 is 1. The Bertz CT molecular complexity index is 852. The molecule has 6 heteroatoms. The number of halogens is 1. The van der Waals surface area contributed by atoms with Gasteiger partial charge in [0.25, 0.3) is 0 Å². The molecule has 5 nitrogen and oxygen atoms in total. The molecule has 3 rings (SSSR count). The van der Waals surface area contributed by atoms with Crippen LogP contribution in [0.4, 0.5) is 17.5 Å². The third-order valence-electron chi connectivity index (χ3n) is 3.72. The highest BCUT2D eigenvalue weighted by Crippen LogP contribution is 2.22. The van der Waals surface area contributed by atoms with Gasteiger partial charge in [-0.15, -0.1) is 0 Å². The van der Waals surface area contributed by atoms with Crippen molar-refractivity contribution < 1.29 is 4.74 Å². The van der Waals surface area contributed by atoms with E-state index in [-0.39, 0.29) is 0 Å². The second-order valence-corrected chi connectivity index (χ2v) is 5.96. The second-order valence-electron chi connectivity index (χ2n) is 5.56. The number of nitrogens with zero attached hydrogens (tertiary/aromatic N) is 2. The van der Waals surface area contributed by atoms with Gasteiger partial charge in [-0.05, 0) is 48.4 Å². The zero-order valence-electron chi connectivity index (χ0n) is 14.1. The molecule has 0 spiro atoms. The van der Waals surface area contributed by atoms with Crippen LogP contribution in [0.25, 0.3) is 0 Å². The van der Waals surface area contributed by atoms with Crippen molar-refractivity contribution in [2.45, 2.75) is 13.5 Å². The molecule has 0 aliphatic heterocycles. The normalized spacial score (nSPS) is 10.4. The standard InChI is InChI=1S/C19H19ClN4O/c1-13-3-6-15(11-17(13)20)23-19-21-10-9-18(24-19)22-12-14-4-7-16(25-2)8-5-14/h3-11H,12H2,1-2H3,(H2,21,22,23,24). The van der Waals surface area contributed by atoms with Crippen LogP contribution < -0.4 is 15.4 Å². The average Bonchev–Trinajstić information content (AvgIpc) is 2.64. The van der Waals surface area contributed by atoms with Crippen molar-refractivity contribution in [3.8, 4) is 5.75 Å². The molecular formula is C19H19ClN4O. The zero-order valence-corrected chi connectivity index (χ0v) is 14.8. The summed E-state index contributed by atoms with van der Waals surface area (Å²) in [6, 6.07) is 15.5. The first kappa shape index (κ1) is 17.0. The maximum atomic E-state index is 6.15. The SMILES string of the molecule is COc1ccc(CNc2ccnc(Nc3ccc(C)c(Cl)c3)n2)cc1. The predicted octanol–water partition coefficient (Wildman–Crippen LogP) is 4.80. The summed E-state index contributed by atoms with van der Waals surface area (Å²) in [5, 5.41) is 7.16. The highest BCUT2D eigenvalue weighted by atomic mass is 35.5. The molecule has 0 bridgehead atoms. The summed E-state index contributed by atoms with van der Waals surface area (Å²) >= 11 is 6.15. The van der Waals surface area contributed by atoms with Crippen molar-refractivity contribution in [2.24, 2.45) is 0 Å². The van der Waals surface area contributed by atoms with Crippen molar-refractivity contribution in [3.05, 3.63) is 70.9 Å². The van der Waals surface area contributed by atoms with Gasteiger partial charge in [0.1, 0.15) is 11.6 Å². The van der Waals surface area contributed by atoms with Crippen molar-refractivity contribution in [3.63, 3.8) is 0 Å². The molecular weight excluding hydrogens is 336 g/mol. The lowest BCUT2D eigenvalue weighted by Crippen LogP contribution is -2.04. The van der Waals surface area contributed by atoms with Gasteiger partial charge in [0.2, 0.25) is 5.95 Å². The third-order valence-corrected chi connectivity index (χ3v) is 4.12. The first-order valence-electron chi connectivity index (χ1n) is 7.87. The molecule has 128 valence electrons. The highest BCUT2D eigenvalue weighted by Gasteiger charge is 2.03. The number of benzene rings is 2. The maximum Gasteiger partial charge on any atom is 0.229 e. The number of nitrogens with one attached hydrogen (secondary N) is 2. The van der Waals surface area contributed by atoms with Gasteiger partial charge in [-0.2, -0.15) is 4.98 Å². The molecule has 0 saturated heterocycles. The van der Waals surface area contributed by atoms with Crippen molar-refractivity contribution in [2.75, 3.05) is 17.7 Å². The van der Waals surface area contributed by atoms with Crippen molar-refractivity contribution >= 4 is 29.1 Å². The largest absolute Gasteiger partial charge is 0.497 e. The molecule has 0 amide bonds. The summed E-state index contributed by atoms with van der Waals surface area (Å²) < 4.78 is 5.16. The minimum Gasteiger partial charge on any atom is -0.497 e. The Morgan fingerprint density at radius 1 is 1.08 bits per heavy atom. The molecule has 0 unspecified atom stereocenters. The van der Waals surface area contributed by atoms with Crippen LogP contribution in [-0.4, -0.2) is 17.1 Å². The Kier molecular flexibility index (Phi) is 5.36. The molecule has 25 heavy (non-hydrogen) atoms. The fraction of sp³-hybridized carbons (Fsp3) is 0.158. The molecule has 2 aromatic carbocycles. The number of anilines is 3. The summed E-state index contributed by atoms with van der Waals surface area (Å²) in [4.78, 5) is 8.71. The van der Waals surface area contributed by atoms with Crippen LogP contribution in [0.3, 0.4) is 0 Å². The fourth-order valence-electron chi connectivity index (χ4n) is 2.25. The lowest BCUT2D eigenvalue weighted by atomic mass is 10.2. The van der Waals surface area contributed by atoms with Gasteiger partial charge in [0.15, 0.2) is 0 Å². The van der Waals surface area contributed by atoms with E-state index in [1.807, 2.05) is 55.5 Å². The van der Waals surface area contributed by atoms with Crippen LogP contribution in [0.1, 0.15) is 11.1 Å². The van der Waals surface area contributed by atoms with Crippen LogP contribution in [0.2, 0.25) is 5.02 Å². The van der Waals surface area contributed by atoms with Gasteiger partial charge >= 0.3 is 0 Å². The first-order valence-corrected chi connectivity index (χ1v) is 8.25. The molecule has 0 aliphatic rings. The van der Waals surface area contributed by atoms with E-state index >= 15 is 0 Å². The topological polar surface area (TPSA) is 59.1 Å². The fourth-order valence-corrected chi connectivity index (χ4v) is 2.43. The van der Waals surface area contributed by atoms with Crippen LogP contribution in [-0.2, 0) is 6.54 Å². The van der Waals surface area contributed by atoms with E-state index < -0.39 is 0 Å². The van der Waals surface area contributed by atoms with E-state index in [4.69, 9.17) is 16.3 Å². The van der Waals surface area contributed by atoms with Crippen molar-refractivity contribution in [1.29, 1.82) is 0 Å². The molecule has 0 saturated carbocycles. The molecule has 1 aromatic heterocycles. The average molecular weight is 355 g/mol. The van der Waals surface area contributed by atoms with Crippen molar-refractivity contribution in [1.82, 2.24) is 9.97 Å². The highest BCUT2D eigenvalue weighted by molar-refractivity contribution is 6.31. The quantitative estimate of drug-likeness (QED) is 0.665. The Balaban J connectivity index is 1.65. The maximum absolute atomic E-state index is 6.15. The predicted molar refractivity (Wildman–Crippen MR) is 102 cm³/mol. The van der Waals surface area contributed by atoms with E-state index in [0.717, 1.165) is 28.4 Å².